The van der Waals surface area contributed by atoms with Crippen molar-refractivity contribution >= 4 is 12.6 Å². The predicted octanol–water partition coefficient (Wildman–Crippen LogP) is 9.33. The van der Waals surface area contributed by atoms with Crippen molar-refractivity contribution in [2.45, 2.75) is 136 Å². The van der Waals surface area contributed by atoms with Crippen molar-refractivity contribution in [1.29, 1.82) is 0 Å². The Bertz CT molecular complexity index is 388. The highest BCUT2D eigenvalue weighted by Crippen LogP contribution is 2.39. The van der Waals surface area contributed by atoms with Crippen molar-refractivity contribution in [2.24, 2.45) is 35.5 Å². The summed E-state index contributed by atoms with van der Waals surface area (Å²) in [6, 6.07) is 0. The molecule has 2 aliphatic rings. The standard InChI is InChI=1S/C27H52S/c1-5-11-25(21(3)12-9-17-26-19-18-22(26)4)16-8-7-15-24(6-2)27(28)20-23-13-10-14-23/h21-28H,5-20H2,1-4H3. The Kier molecular flexibility index (Phi) is 12.0. The monoisotopic (exact) mass is 408 g/mol. The third kappa shape index (κ3) is 8.23. The summed E-state index contributed by atoms with van der Waals surface area (Å²) in [5, 5.41) is 0.662. The number of unbranched alkanes of at least 4 members (excludes halogenated alkanes) is 1. The first-order valence-electron chi connectivity index (χ1n) is 13.2. The topological polar surface area (TPSA) is 0 Å². The molecule has 0 nitrogen and oxygen atoms in total. The molecule has 6 atom stereocenters. The van der Waals surface area contributed by atoms with Crippen molar-refractivity contribution in [3.8, 4) is 0 Å². The van der Waals surface area contributed by atoms with Gasteiger partial charge in [0, 0.05) is 5.25 Å². The van der Waals surface area contributed by atoms with E-state index in [0.717, 1.165) is 35.5 Å². The van der Waals surface area contributed by atoms with Crippen LogP contribution in [0.4, 0.5) is 0 Å². The summed E-state index contributed by atoms with van der Waals surface area (Å²) in [5.41, 5.74) is 0. The molecule has 0 spiro atoms. The Balaban J connectivity index is 1.60. The fraction of sp³-hybridized carbons (Fsp3) is 1.00. The van der Waals surface area contributed by atoms with E-state index < -0.39 is 0 Å². The van der Waals surface area contributed by atoms with Gasteiger partial charge in [-0.1, -0.05) is 111 Å². The van der Waals surface area contributed by atoms with Gasteiger partial charge in [-0.15, -0.1) is 0 Å². The first-order valence-corrected chi connectivity index (χ1v) is 13.7. The van der Waals surface area contributed by atoms with E-state index in [2.05, 4.69) is 27.7 Å². The fourth-order valence-electron chi connectivity index (χ4n) is 5.93. The first-order chi connectivity index (χ1) is 13.5. The normalized spacial score (nSPS) is 26.9. The van der Waals surface area contributed by atoms with E-state index in [9.17, 15) is 0 Å². The van der Waals surface area contributed by atoms with Crippen LogP contribution in [0.2, 0.25) is 0 Å². The molecule has 0 bridgehead atoms. The molecule has 6 unspecified atom stereocenters. The lowest BCUT2D eigenvalue weighted by Gasteiger charge is -2.34. The Morgan fingerprint density at radius 3 is 2.07 bits per heavy atom. The molecule has 0 amide bonds. The van der Waals surface area contributed by atoms with E-state index in [1.807, 2.05) is 0 Å². The van der Waals surface area contributed by atoms with Crippen LogP contribution in [0.3, 0.4) is 0 Å². The lowest BCUT2D eigenvalue weighted by molar-refractivity contribution is 0.171. The van der Waals surface area contributed by atoms with Gasteiger partial charge in [0.15, 0.2) is 0 Å². The minimum Gasteiger partial charge on any atom is -0.176 e. The summed E-state index contributed by atoms with van der Waals surface area (Å²) in [6.07, 6.45) is 23.2. The van der Waals surface area contributed by atoms with Crippen molar-refractivity contribution in [3.05, 3.63) is 0 Å². The minimum absolute atomic E-state index is 0.662. The van der Waals surface area contributed by atoms with Gasteiger partial charge in [-0.3, -0.25) is 0 Å². The molecule has 0 aromatic heterocycles. The fourth-order valence-corrected chi connectivity index (χ4v) is 6.59. The average Bonchev–Trinajstić information content (AvgIpc) is 2.65. The van der Waals surface area contributed by atoms with Gasteiger partial charge in [0.2, 0.25) is 0 Å². The van der Waals surface area contributed by atoms with Crippen LogP contribution in [0.5, 0.6) is 0 Å². The molecule has 0 aromatic rings. The van der Waals surface area contributed by atoms with Crippen molar-refractivity contribution in [3.63, 3.8) is 0 Å². The van der Waals surface area contributed by atoms with Crippen LogP contribution in [-0.4, -0.2) is 5.25 Å². The quantitative estimate of drug-likeness (QED) is 0.191. The van der Waals surface area contributed by atoms with Crippen molar-refractivity contribution < 1.29 is 0 Å². The summed E-state index contributed by atoms with van der Waals surface area (Å²) >= 11 is 5.02. The largest absolute Gasteiger partial charge is 0.176 e. The molecule has 1 heteroatoms. The summed E-state index contributed by atoms with van der Waals surface area (Å²) in [6.45, 7) is 9.79. The lowest BCUT2D eigenvalue weighted by Crippen LogP contribution is -2.23. The van der Waals surface area contributed by atoms with E-state index in [1.54, 1.807) is 0 Å². The van der Waals surface area contributed by atoms with Crippen LogP contribution in [0.1, 0.15) is 130 Å². The second-order valence-corrected chi connectivity index (χ2v) is 11.5. The Morgan fingerprint density at radius 1 is 0.857 bits per heavy atom. The van der Waals surface area contributed by atoms with Crippen LogP contribution in [-0.2, 0) is 0 Å². The maximum Gasteiger partial charge on any atom is 0.00476 e. The zero-order chi connectivity index (χ0) is 20.4. The average molecular weight is 409 g/mol. The smallest absolute Gasteiger partial charge is 0.00476 e. The first kappa shape index (κ1) is 24.6. The van der Waals surface area contributed by atoms with E-state index in [0.29, 0.717) is 5.25 Å². The van der Waals surface area contributed by atoms with Gasteiger partial charge >= 0.3 is 0 Å². The molecular weight excluding hydrogens is 356 g/mol. The summed E-state index contributed by atoms with van der Waals surface area (Å²) in [5.74, 6) is 5.87. The van der Waals surface area contributed by atoms with Gasteiger partial charge in [0.25, 0.3) is 0 Å². The van der Waals surface area contributed by atoms with Crippen molar-refractivity contribution in [1.82, 2.24) is 0 Å². The van der Waals surface area contributed by atoms with E-state index in [4.69, 9.17) is 12.6 Å². The molecule has 0 radical (unpaired) electrons. The SMILES string of the molecule is CCCC(CCCCC(CC)C(S)CC1CCC1)C(C)CCCC1CCC1C. The van der Waals surface area contributed by atoms with Gasteiger partial charge in [-0.05, 0) is 54.8 Å². The number of hydrogen-bond donors (Lipinski definition) is 1. The maximum atomic E-state index is 5.02. The molecule has 0 aromatic carbocycles. The van der Waals surface area contributed by atoms with Gasteiger partial charge in [0.1, 0.15) is 0 Å². The maximum absolute atomic E-state index is 5.02. The Labute approximate surface area is 183 Å². The summed E-state index contributed by atoms with van der Waals surface area (Å²) < 4.78 is 0. The molecule has 2 aliphatic carbocycles. The minimum atomic E-state index is 0.662. The predicted molar refractivity (Wildman–Crippen MR) is 130 cm³/mol. The van der Waals surface area contributed by atoms with Crippen LogP contribution in [0.25, 0.3) is 0 Å². The molecule has 0 aliphatic heterocycles. The van der Waals surface area contributed by atoms with Gasteiger partial charge in [-0.25, -0.2) is 0 Å². The second kappa shape index (κ2) is 13.6. The summed E-state index contributed by atoms with van der Waals surface area (Å²) in [4.78, 5) is 0. The number of hydrogen-bond acceptors (Lipinski definition) is 1. The van der Waals surface area contributed by atoms with Crippen LogP contribution < -0.4 is 0 Å². The molecule has 28 heavy (non-hydrogen) atoms. The molecule has 2 saturated carbocycles. The molecule has 0 heterocycles. The molecule has 0 N–H and O–H groups in total. The Morgan fingerprint density at radius 2 is 1.57 bits per heavy atom. The molecule has 2 fully saturated rings. The van der Waals surface area contributed by atoms with Crippen LogP contribution in [0.15, 0.2) is 0 Å². The highest BCUT2D eigenvalue weighted by molar-refractivity contribution is 7.81. The van der Waals surface area contributed by atoms with Crippen LogP contribution >= 0.6 is 12.6 Å². The van der Waals surface area contributed by atoms with Gasteiger partial charge < -0.3 is 0 Å². The van der Waals surface area contributed by atoms with E-state index >= 15 is 0 Å². The third-order valence-electron chi connectivity index (χ3n) is 8.76. The van der Waals surface area contributed by atoms with Gasteiger partial charge in [0.05, 0.1) is 0 Å². The lowest BCUT2D eigenvalue weighted by atomic mass is 9.72. The van der Waals surface area contributed by atoms with Crippen molar-refractivity contribution in [2.75, 3.05) is 0 Å². The third-order valence-corrected chi connectivity index (χ3v) is 9.40. The second-order valence-electron chi connectivity index (χ2n) is 10.8. The van der Waals surface area contributed by atoms with E-state index in [-0.39, 0.29) is 0 Å². The van der Waals surface area contributed by atoms with E-state index in [1.165, 1.54) is 103 Å². The molecule has 0 saturated heterocycles. The zero-order valence-corrected chi connectivity index (χ0v) is 20.7. The molecule has 2 rings (SSSR count). The highest BCUT2D eigenvalue weighted by atomic mass is 32.1. The Hall–Kier alpha value is 0.350. The highest BCUT2D eigenvalue weighted by Gasteiger charge is 2.27. The number of rotatable bonds is 16. The molecular formula is C27H52S. The molecule has 166 valence electrons. The van der Waals surface area contributed by atoms with Crippen LogP contribution in [0, 0.1) is 35.5 Å². The zero-order valence-electron chi connectivity index (χ0n) is 19.8. The van der Waals surface area contributed by atoms with Gasteiger partial charge in [-0.2, -0.15) is 12.6 Å². The summed E-state index contributed by atoms with van der Waals surface area (Å²) in [7, 11) is 0. The number of thiol groups is 1.